The van der Waals surface area contributed by atoms with Gasteiger partial charge < -0.3 is 11.1 Å². The summed E-state index contributed by atoms with van der Waals surface area (Å²) >= 11 is 1.89. The smallest absolute Gasteiger partial charge is 0.237 e. The molecule has 1 unspecified atom stereocenters. The highest BCUT2D eigenvalue weighted by molar-refractivity contribution is 8.00. The van der Waals surface area contributed by atoms with Gasteiger partial charge in [0.05, 0.1) is 6.04 Å². The second kappa shape index (κ2) is 5.61. The Bertz CT molecular complexity index is 267. The standard InChI is InChI=1S/C13H26N2OS/c1-12(2,3)10(14)11(16)15-9-13(17-4)7-5-6-8-13/h10H,5-9,14H2,1-4H3,(H,15,16). The lowest BCUT2D eigenvalue weighted by molar-refractivity contribution is -0.124. The SMILES string of the molecule is CSC1(CNC(=O)C(N)C(C)(C)C)CCCC1. The molecule has 0 heterocycles. The fraction of sp³-hybridized carbons (Fsp3) is 0.923. The molecular weight excluding hydrogens is 232 g/mol. The first-order valence-electron chi connectivity index (χ1n) is 6.39. The summed E-state index contributed by atoms with van der Waals surface area (Å²) in [5, 5.41) is 3.04. The molecule has 1 fully saturated rings. The molecule has 1 aliphatic rings. The second-order valence-corrected chi connectivity index (χ2v) is 7.43. The monoisotopic (exact) mass is 258 g/mol. The first-order valence-corrected chi connectivity index (χ1v) is 7.62. The molecule has 0 bridgehead atoms. The van der Waals surface area contributed by atoms with Gasteiger partial charge in [0, 0.05) is 11.3 Å². The first-order chi connectivity index (χ1) is 7.81. The average molecular weight is 258 g/mol. The van der Waals surface area contributed by atoms with Crippen molar-refractivity contribution in [3.8, 4) is 0 Å². The van der Waals surface area contributed by atoms with Gasteiger partial charge in [-0.05, 0) is 24.5 Å². The number of nitrogens with one attached hydrogen (secondary N) is 1. The predicted molar refractivity (Wildman–Crippen MR) is 75.2 cm³/mol. The summed E-state index contributed by atoms with van der Waals surface area (Å²) in [4.78, 5) is 12.0. The lowest BCUT2D eigenvalue weighted by atomic mass is 9.87. The van der Waals surface area contributed by atoms with Gasteiger partial charge in [-0.3, -0.25) is 4.79 Å². The molecule has 0 spiro atoms. The van der Waals surface area contributed by atoms with E-state index in [1.54, 1.807) is 0 Å². The number of thioether (sulfide) groups is 1. The molecule has 100 valence electrons. The Morgan fingerprint density at radius 1 is 1.41 bits per heavy atom. The Hall–Kier alpha value is -0.220. The van der Waals surface area contributed by atoms with Gasteiger partial charge in [-0.25, -0.2) is 0 Å². The highest BCUT2D eigenvalue weighted by Crippen LogP contribution is 2.39. The van der Waals surface area contributed by atoms with Crippen LogP contribution in [0, 0.1) is 5.41 Å². The van der Waals surface area contributed by atoms with Crippen molar-refractivity contribution in [1.82, 2.24) is 5.32 Å². The zero-order valence-electron chi connectivity index (χ0n) is 11.5. The second-order valence-electron chi connectivity index (χ2n) is 6.16. The van der Waals surface area contributed by atoms with Crippen LogP contribution in [0.15, 0.2) is 0 Å². The third-order valence-electron chi connectivity index (χ3n) is 3.75. The van der Waals surface area contributed by atoms with Gasteiger partial charge in [0.25, 0.3) is 0 Å². The topological polar surface area (TPSA) is 55.1 Å². The summed E-state index contributed by atoms with van der Waals surface area (Å²) in [7, 11) is 0. The maximum Gasteiger partial charge on any atom is 0.237 e. The molecule has 0 aromatic carbocycles. The summed E-state index contributed by atoms with van der Waals surface area (Å²) in [6.45, 7) is 6.75. The van der Waals surface area contributed by atoms with Gasteiger partial charge in [-0.1, -0.05) is 33.6 Å². The van der Waals surface area contributed by atoms with Crippen LogP contribution in [0.25, 0.3) is 0 Å². The van der Waals surface area contributed by atoms with E-state index in [2.05, 4.69) is 11.6 Å². The molecule has 3 N–H and O–H groups in total. The van der Waals surface area contributed by atoms with Crippen LogP contribution in [-0.2, 0) is 4.79 Å². The minimum absolute atomic E-state index is 0.0159. The molecule has 0 aromatic rings. The van der Waals surface area contributed by atoms with Crippen LogP contribution in [0.5, 0.6) is 0 Å². The van der Waals surface area contributed by atoms with Crippen LogP contribution in [-0.4, -0.2) is 29.5 Å². The van der Waals surface area contributed by atoms with Crippen LogP contribution in [0.4, 0.5) is 0 Å². The van der Waals surface area contributed by atoms with Crippen molar-refractivity contribution in [3.63, 3.8) is 0 Å². The van der Waals surface area contributed by atoms with E-state index in [9.17, 15) is 4.79 Å². The van der Waals surface area contributed by atoms with Crippen molar-refractivity contribution in [2.24, 2.45) is 11.1 Å². The van der Waals surface area contributed by atoms with Gasteiger partial charge in [0.2, 0.25) is 5.91 Å². The fourth-order valence-corrected chi connectivity index (χ4v) is 3.14. The normalized spacial score (nSPS) is 21.2. The van der Waals surface area contributed by atoms with E-state index in [1.165, 1.54) is 25.7 Å². The fourth-order valence-electron chi connectivity index (χ4n) is 2.22. The minimum Gasteiger partial charge on any atom is -0.353 e. The minimum atomic E-state index is -0.428. The maximum atomic E-state index is 12.0. The molecule has 1 rings (SSSR count). The molecule has 1 aliphatic carbocycles. The molecular formula is C13H26N2OS. The molecule has 0 aromatic heterocycles. The van der Waals surface area contributed by atoms with E-state index in [1.807, 2.05) is 32.5 Å². The zero-order valence-corrected chi connectivity index (χ0v) is 12.3. The first kappa shape index (κ1) is 14.8. The number of carbonyl (C=O) groups excluding carboxylic acids is 1. The van der Waals surface area contributed by atoms with Crippen molar-refractivity contribution in [2.75, 3.05) is 12.8 Å². The average Bonchev–Trinajstić information content (AvgIpc) is 2.73. The molecule has 4 heteroatoms. The molecule has 17 heavy (non-hydrogen) atoms. The molecule has 0 saturated heterocycles. The molecule has 0 radical (unpaired) electrons. The lowest BCUT2D eigenvalue weighted by Crippen LogP contribution is -2.51. The molecule has 1 atom stereocenters. The quantitative estimate of drug-likeness (QED) is 0.812. The summed E-state index contributed by atoms with van der Waals surface area (Å²) in [5.74, 6) is -0.0159. The molecule has 3 nitrogen and oxygen atoms in total. The van der Waals surface area contributed by atoms with E-state index >= 15 is 0 Å². The number of hydrogen-bond acceptors (Lipinski definition) is 3. The maximum absolute atomic E-state index is 12.0. The van der Waals surface area contributed by atoms with E-state index < -0.39 is 6.04 Å². The Balaban J connectivity index is 2.47. The lowest BCUT2D eigenvalue weighted by Gasteiger charge is -2.30. The van der Waals surface area contributed by atoms with Crippen molar-refractivity contribution < 1.29 is 4.79 Å². The van der Waals surface area contributed by atoms with Crippen LogP contribution >= 0.6 is 11.8 Å². The number of rotatable bonds is 4. The van der Waals surface area contributed by atoms with Gasteiger partial charge in [-0.15, -0.1) is 0 Å². The summed E-state index contributed by atoms with van der Waals surface area (Å²) < 4.78 is 0.257. The van der Waals surface area contributed by atoms with E-state index in [4.69, 9.17) is 5.73 Å². The zero-order chi connectivity index (χ0) is 13.1. The largest absolute Gasteiger partial charge is 0.353 e. The van der Waals surface area contributed by atoms with Crippen LogP contribution in [0.2, 0.25) is 0 Å². The number of nitrogens with two attached hydrogens (primary N) is 1. The Morgan fingerprint density at radius 3 is 2.35 bits per heavy atom. The Kier molecular flexibility index (Phi) is 4.90. The van der Waals surface area contributed by atoms with E-state index in [-0.39, 0.29) is 16.1 Å². The predicted octanol–water partition coefficient (Wildman–Crippen LogP) is 2.15. The summed E-state index contributed by atoms with van der Waals surface area (Å²) in [6.07, 6.45) is 7.11. The van der Waals surface area contributed by atoms with Crippen molar-refractivity contribution >= 4 is 17.7 Å². The van der Waals surface area contributed by atoms with Crippen molar-refractivity contribution in [3.05, 3.63) is 0 Å². The highest BCUT2D eigenvalue weighted by Gasteiger charge is 2.35. The van der Waals surface area contributed by atoms with Crippen molar-refractivity contribution in [1.29, 1.82) is 0 Å². The van der Waals surface area contributed by atoms with E-state index in [0.717, 1.165) is 6.54 Å². The van der Waals surface area contributed by atoms with Crippen LogP contribution in [0.3, 0.4) is 0 Å². The van der Waals surface area contributed by atoms with Crippen LogP contribution in [0.1, 0.15) is 46.5 Å². The highest BCUT2D eigenvalue weighted by atomic mass is 32.2. The van der Waals surface area contributed by atoms with Gasteiger partial charge in [-0.2, -0.15) is 11.8 Å². The molecule has 0 aliphatic heterocycles. The summed E-state index contributed by atoms with van der Waals surface area (Å²) in [5.41, 5.74) is 5.77. The number of carbonyl (C=O) groups is 1. The number of amides is 1. The Labute approximate surface area is 109 Å². The van der Waals surface area contributed by atoms with Gasteiger partial charge in [0.1, 0.15) is 0 Å². The van der Waals surface area contributed by atoms with Crippen molar-refractivity contribution in [2.45, 2.75) is 57.2 Å². The molecule has 1 saturated carbocycles. The third-order valence-corrected chi connectivity index (χ3v) is 5.17. The molecule has 1 amide bonds. The van der Waals surface area contributed by atoms with Crippen LogP contribution < -0.4 is 11.1 Å². The van der Waals surface area contributed by atoms with Gasteiger partial charge in [0.15, 0.2) is 0 Å². The van der Waals surface area contributed by atoms with Gasteiger partial charge >= 0.3 is 0 Å². The Morgan fingerprint density at radius 2 is 1.94 bits per heavy atom. The summed E-state index contributed by atoms with van der Waals surface area (Å²) in [6, 6.07) is -0.428. The third kappa shape index (κ3) is 3.88. The van der Waals surface area contributed by atoms with E-state index in [0.29, 0.717) is 0 Å². The number of hydrogen-bond donors (Lipinski definition) is 2.